The highest BCUT2D eigenvalue weighted by Crippen LogP contribution is 2.77. The molecule has 5 aliphatic rings. The summed E-state index contributed by atoms with van der Waals surface area (Å²) >= 11 is 0. The maximum atomic E-state index is 14.3. The van der Waals surface area contributed by atoms with E-state index in [-0.39, 0.29) is 28.9 Å². The number of benzene rings is 2. The molecule has 0 radical (unpaired) electrons. The third-order valence-electron chi connectivity index (χ3n) is 10.0. The Balaban J connectivity index is 1.35. The van der Waals surface area contributed by atoms with Crippen molar-refractivity contribution in [2.24, 2.45) is 16.7 Å². The SMILES string of the molecule is C[C@@]12C[C@@]13C[C@@H]1N(CC[C@@]14C(=O)N(c1ccccc1)c1ccccc14)C[C@@H]3CC[C@@H]2O. The van der Waals surface area contributed by atoms with Crippen LogP contribution in [0.5, 0.6) is 0 Å². The zero-order valence-electron chi connectivity index (χ0n) is 18.1. The van der Waals surface area contributed by atoms with E-state index in [1.807, 2.05) is 35.2 Å². The van der Waals surface area contributed by atoms with Gasteiger partial charge in [0.05, 0.1) is 17.2 Å². The highest BCUT2D eigenvalue weighted by atomic mass is 16.3. The first-order valence-electron chi connectivity index (χ1n) is 11.9. The molecule has 4 fully saturated rings. The lowest BCUT2D eigenvalue weighted by molar-refractivity contribution is -0.125. The van der Waals surface area contributed by atoms with Crippen molar-refractivity contribution in [1.29, 1.82) is 0 Å². The number of fused-ring (bicyclic) bond motifs is 4. The van der Waals surface area contributed by atoms with E-state index in [1.165, 1.54) is 5.56 Å². The summed E-state index contributed by atoms with van der Waals surface area (Å²) in [5.41, 5.74) is 3.04. The third kappa shape index (κ3) is 2.02. The molecule has 4 nitrogen and oxygen atoms in total. The van der Waals surface area contributed by atoms with Gasteiger partial charge in [-0.15, -0.1) is 0 Å². The molecule has 2 spiro atoms. The van der Waals surface area contributed by atoms with Gasteiger partial charge in [0, 0.05) is 23.7 Å². The predicted octanol–water partition coefficient (Wildman–Crippen LogP) is 4.25. The average Bonchev–Trinajstić information content (AvgIpc) is 3.14. The van der Waals surface area contributed by atoms with E-state index in [0.717, 1.165) is 56.6 Å². The largest absolute Gasteiger partial charge is 0.393 e. The molecule has 2 saturated carbocycles. The number of aliphatic hydroxyl groups is 1. The quantitative estimate of drug-likeness (QED) is 0.759. The van der Waals surface area contributed by atoms with Crippen molar-refractivity contribution < 1.29 is 9.90 Å². The maximum absolute atomic E-state index is 14.3. The normalized spacial score (nSPS) is 42.8. The summed E-state index contributed by atoms with van der Waals surface area (Å²) in [6, 6.07) is 18.8. The van der Waals surface area contributed by atoms with Gasteiger partial charge in [-0.1, -0.05) is 43.3 Å². The van der Waals surface area contributed by atoms with Gasteiger partial charge >= 0.3 is 0 Å². The molecule has 1 amide bonds. The fourth-order valence-electron chi connectivity index (χ4n) is 8.33. The van der Waals surface area contributed by atoms with Gasteiger partial charge in [-0.2, -0.15) is 0 Å². The number of amides is 1. The van der Waals surface area contributed by atoms with Gasteiger partial charge in [0.25, 0.3) is 0 Å². The molecule has 3 aliphatic heterocycles. The summed E-state index contributed by atoms with van der Waals surface area (Å²) in [6.45, 7) is 4.40. The Morgan fingerprint density at radius 2 is 1.81 bits per heavy atom. The summed E-state index contributed by atoms with van der Waals surface area (Å²) < 4.78 is 0. The van der Waals surface area contributed by atoms with Crippen molar-refractivity contribution in [2.45, 2.75) is 56.6 Å². The van der Waals surface area contributed by atoms with Crippen LogP contribution in [0.4, 0.5) is 11.4 Å². The molecule has 0 bridgehead atoms. The zero-order valence-corrected chi connectivity index (χ0v) is 18.1. The van der Waals surface area contributed by atoms with Gasteiger partial charge in [-0.05, 0) is 73.7 Å². The first-order valence-corrected chi connectivity index (χ1v) is 11.9. The van der Waals surface area contributed by atoms with Gasteiger partial charge in [-0.25, -0.2) is 0 Å². The lowest BCUT2D eigenvalue weighted by Crippen LogP contribution is -2.57. The maximum Gasteiger partial charge on any atom is 0.243 e. The van der Waals surface area contributed by atoms with Crippen LogP contribution in [0.15, 0.2) is 54.6 Å². The van der Waals surface area contributed by atoms with E-state index in [9.17, 15) is 9.90 Å². The molecule has 2 saturated heterocycles. The van der Waals surface area contributed by atoms with Gasteiger partial charge < -0.3 is 5.11 Å². The van der Waals surface area contributed by atoms with Crippen LogP contribution < -0.4 is 4.90 Å². The van der Waals surface area contributed by atoms with Crippen molar-refractivity contribution >= 4 is 17.3 Å². The number of rotatable bonds is 1. The van der Waals surface area contributed by atoms with E-state index in [1.54, 1.807) is 0 Å². The van der Waals surface area contributed by atoms with Gasteiger partial charge in [0.15, 0.2) is 0 Å². The van der Waals surface area contributed by atoms with Crippen molar-refractivity contribution in [2.75, 3.05) is 18.0 Å². The topological polar surface area (TPSA) is 43.8 Å². The van der Waals surface area contributed by atoms with E-state index < -0.39 is 5.41 Å². The second kappa shape index (κ2) is 5.79. The van der Waals surface area contributed by atoms with E-state index in [2.05, 4.69) is 36.1 Å². The summed E-state index contributed by atoms with van der Waals surface area (Å²) in [6.07, 6.45) is 4.97. The minimum atomic E-state index is -0.460. The molecule has 2 aliphatic carbocycles. The van der Waals surface area contributed by atoms with Crippen molar-refractivity contribution in [3.05, 3.63) is 60.2 Å². The smallest absolute Gasteiger partial charge is 0.243 e. The Bertz CT molecular complexity index is 1090. The molecular weight excluding hydrogens is 384 g/mol. The summed E-state index contributed by atoms with van der Waals surface area (Å²) in [4.78, 5) is 18.9. The molecule has 0 unspecified atom stereocenters. The number of nitrogens with zero attached hydrogens (tertiary/aromatic N) is 2. The Morgan fingerprint density at radius 1 is 1.03 bits per heavy atom. The predicted molar refractivity (Wildman–Crippen MR) is 120 cm³/mol. The second-order valence-corrected chi connectivity index (χ2v) is 11.0. The Hall–Kier alpha value is -2.17. The van der Waals surface area contributed by atoms with Crippen molar-refractivity contribution in [3.8, 4) is 0 Å². The Kier molecular flexibility index (Phi) is 3.44. The number of carbonyl (C=O) groups is 1. The standard InChI is InChI=1S/C27H30N2O2/c1-25-17-26(25)15-22-27(13-14-28(22)16-18(26)11-12-23(25)30)20-9-5-6-10-21(20)29(24(27)31)19-7-3-2-4-8-19/h2-10,18,22-23,30H,11-17H2,1H3/t18-,22-,23-,25-,26+,27-/m0/s1. The van der Waals surface area contributed by atoms with Crippen LogP contribution in [0.2, 0.25) is 0 Å². The highest BCUT2D eigenvalue weighted by molar-refractivity contribution is 6.13. The molecular formula is C27H30N2O2. The van der Waals surface area contributed by atoms with E-state index >= 15 is 0 Å². The number of para-hydroxylation sites is 2. The molecule has 4 heteroatoms. The summed E-state index contributed by atoms with van der Waals surface area (Å²) in [5, 5.41) is 10.8. The Morgan fingerprint density at radius 3 is 2.65 bits per heavy atom. The first kappa shape index (κ1) is 18.4. The number of hydrogen-bond donors (Lipinski definition) is 1. The monoisotopic (exact) mass is 414 g/mol. The van der Waals surface area contributed by atoms with Crippen molar-refractivity contribution in [3.63, 3.8) is 0 Å². The summed E-state index contributed by atoms with van der Waals surface area (Å²) in [5.74, 6) is 0.922. The third-order valence-corrected chi connectivity index (χ3v) is 10.0. The fraction of sp³-hybridized carbons (Fsp3) is 0.519. The number of piperidine rings is 1. The highest BCUT2D eigenvalue weighted by Gasteiger charge is 2.76. The molecule has 31 heavy (non-hydrogen) atoms. The second-order valence-electron chi connectivity index (χ2n) is 11.0. The van der Waals surface area contributed by atoms with Crippen LogP contribution in [-0.4, -0.2) is 41.1 Å². The Labute approximate surface area is 183 Å². The molecule has 2 aromatic rings. The number of hydrogen-bond acceptors (Lipinski definition) is 3. The van der Waals surface area contributed by atoms with Crippen molar-refractivity contribution in [1.82, 2.24) is 4.90 Å². The molecule has 1 N–H and O–H groups in total. The fourth-order valence-corrected chi connectivity index (χ4v) is 8.33. The number of anilines is 2. The minimum Gasteiger partial charge on any atom is -0.393 e. The molecule has 160 valence electrons. The lowest BCUT2D eigenvalue weighted by atomic mass is 9.62. The van der Waals surface area contributed by atoms with Gasteiger partial charge in [0.1, 0.15) is 0 Å². The van der Waals surface area contributed by atoms with Crippen LogP contribution in [0, 0.1) is 16.7 Å². The molecule has 6 atom stereocenters. The average molecular weight is 415 g/mol. The number of carbonyl (C=O) groups excluding carboxylic acids is 1. The number of aliphatic hydroxyl groups excluding tert-OH is 1. The molecule has 0 aromatic heterocycles. The van der Waals surface area contributed by atoms with E-state index in [4.69, 9.17) is 0 Å². The minimum absolute atomic E-state index is 0.0477. The first-order chi connectivity index (χ1) is 15.0. The summed E-state index contributed by atoms with van der Waals surface area (Å²) in [7, 11) is 0. The van der Waals surface area contributed by atoms with E-state index in [0.29, 0.717) is 5.92 Å². The molecule has 3 heterocycles. The molecule has 2 aromatic carbocycles. The van der Waals surface area contributed by atoms with Gasteiger partial charge in [0.2, 0.25) is 5.91 Å². The van der Waals surface area contributed by atoms with Gasteiger partial charge in [-0.3, -0.25) is 14.6 Å². The van der Waals surface area contributed by atoms with Crippen LogP contribution in [0.3, 0.4) is 0 Å². The van der Waals surface area contributed by atoms with Crippen LogP contribution >= 0.6 is 0 Å². The molecule has 7 rings (SSSR count). The lowest BCUT2D eigenvalue weighted by Gasteiger charge is -2.50. The zero-order chi connectivity index (χ0) is 21.0. The van der Waals surface area contributed by atoms with Crippen LogP contribution in [-0.2, 0) is 10.2 Å². The van der Waals surface area contributed by atoms with Crippen LogP contribution in [0.1, 0.15) is 44.6 Å². The van der Waals surface area contributed by atoms with Crippen LogP contribution in [0.25, 0.3) is 0 Å².